The monoisotopic (exact) mass is 265 g/mol. The summed E-state index contributed by atoms with van der Waals surface area (Å²) >= 11 is 0. The summed E-state index contributed by atoms with van der Waals surface area (Å²) in [6, 6.07) is 2.86. The second kappa shape index (κ2) is 6.55. The summed E-state index contributed by atoms with van der Waals surface area (Å²) in [5, 5.41) is 3.13. The first-order valence-corrected chi connectivity index (χ1v) is 7.29. The van der Waals surface area contributed by atoms with Crippen molar-refractivity contribution in [1.82, 2.24) is 15.1 Å². The first-order valence-electron chi connectivity index (χ1n) is 7.29. The van der Waals surface area contributed by atoms with E-state index in [0.717, 1.165) is 37.7 Å². The molecule has 1 fully saturated rings. The molecule has 108 valence electrons. The number of hydrogen-bond acceptors (Lipinski definition) is 4. The zero-order chi connectivity index (χ0) is 13.8. The van der Waals surface area contributed by atoms with E-state index in [2.05, 4.69) is 42.0 Å². The maximum Gasteiger partial charge on any atom is 0.118 e. The lowest BCUT2D eigenvalue weighted by molar-refractivity contribution is 0.104. The Morgan fingerprint density at radius 1 is 1.26 bits per heavy atom. The highest BCUT2D eigenvalue weighted by Crippen LogP contribution is 2.18. The minimum absolute atomic E-state index is 0.667. The molecule has 0 aromatic carbocycles. The number of aryl methyl sites for hydroxylation is 1. The maximum absolute atomic E-state index is 5.76. The summed E-state index contributed by atoms with van der Waals surface area (Å²) < 4.78 is 5.76. The van der Waals surface area contributed by atoms with Gasteiger partial charge in [-0.3, -0.25) is 9.80 Å². The Bertz CT molecular complexity index is 392. The molecule has 0 radical (unpaired) electrons. The number of hydrogen-bond donors (Lipinski definition) is 1. The van der Waals surface area contributed by atoms with Gasteiger partial charge in [0.1, 0.15) is 11.5 Å². The van der Waals surface area contributed by atoms with E-state index in [1.54, 1.807) is 0 Å². The third-order valence-electron chi connectivity index (χ3n) is 3.95. The van der Waals surface area contributed by atoms with Gasteiger partial charge >= 0.3 is 0 Å². The summed E-state index contributed by atoms with van der Waals surface area (Å²) in [5.74, 6) is 2.10. The molecule has 0 bridgehead atoms. The van der Waals surface area contributed by atoms with Gasteiger partial charge in [-0.2, -0.15) is 0 Å². The third-order valence-corrected chi connectivity index (χ3v) is 3.95. The van der Waals surface area contributed by atoms with E-state index in [9.17, 15) is 0 Å². The van der Waals surface area contributed by atoms with Crippen molar-refractivity contribution in [3.05, 3.63) is 23.2 Å². The third kappa shape index (κ3) is 3.81. The molecular weight excluding hydrogens is 238 g/mol. The molecule has 1 N–H and O–H groups in total. The van der Waals surface area contributed by atoms with Gasteiger partial charge in [0.25, 0.3) is 0 Å². The number of nitrogens with zero attached hydrogens (tertiary/aromatic N) is 2. The van der Waals surface area contributed by atoms with Gasteiger partial charge in [0.2, 0.25) is 0 Å². The lowest BCUT2D eigenvalue weighted by Gasteiger charge is -2.36. The molecule has 1 aliphatic rings. The fourth-order valence-corrected chi connectivity index (χ4v) is 2.68. The molecule has 0 aliphatic carbocycles. The van der Waals surface area contributed by atoms with Crippen molar-refractivity contribution in [1.29, 1.82) is 0 Å². The van der Waals surface area contributed by atoms with Crippen LogP contribution in [0.5, 0.6) is 0 Å². The molecule has 0 amide bonds. The lowest BCUT2D eigenvalue weighted by Crippen LogP contribution is -2.48. The van der Waals surface area contributed by atoms with Gasteiger partial charge < -0.3 is 9.73 Å². The van der Waals surface area contributed by atoms with Crippen LogP contribution in [0.3, 0.4) is 0 Å². The van der Waals surface area contributed by atoms with Crippen LogP contribution in [0.15, 0.2) is 10.5 Å². The van der Waals surface area contributed by atoms with E-state index in [0.29, 0.717) is 6.04 Å². The Morgan fingerprint density at radius 2 is 1.95 bits per heavy atom. The standard InChI is InChI=1S/C15H27N3O/c1-12(2)18-7-5-17(6-8-18)11-14-9-15(10-16-4)19-13(14)3/h9,12,16H,5-8,10-11H2,1-4H3. The summed E-state index contributed by atoms with van der Waals surface area (Å²) in [6.45, 7) is 13.1. The molecule has 2 heterocycles. The Kier molecular flexibility index (Phi) is 5.02. The molecule has 19 heavy (non-hydrogen) atoms. The molecule has 4 nitrogen and oxygen atoms in total. The molecule has 0 unspecified atom stereocenters. The fourth-order valence-electron chi connectivity index (χ4n) is 2.68. The average molecular weight is 265 g/mol. The molecule has 1 aromatic rings. The first kappa shape index (κ1) is 14.6. The van der Waals surface area contributed by atoms with Crippen LogP contribution >= 0.6 is 0 Å². The molecule has 1 saturated heterocycles. The Balaban J connectivity index is 1.88. The first-order chi connectivity index (χ1) is 9.10. The molecular formula is C15H27N3O. The summed E-state index contributed by atoms with van der Waals surface area (Å²) in [5.41, 5.74) is 1.34. The number of piperazine rings is 1. The van der Waals surface area contributed by atoms with Crippen LogP contribution in [-0.2, 0) is 13.1 Å². The van der Waals surface area contributed by atoms with Crippen LogP contribution < -0.4 is 5.32 Å². The van der Waals surface area contributed by atoms with Crippen LogP contribution in [0.4, 0.5) is 0 Å². The van der Waals surface area contributed by atoms with Gasteiger partial charge in [0.05, 0.1) is 6.54 Å². The van der Waals surface area contributed by atoms with Gasteiger partial charge in [0.15, 0.2) is 0 Å². The molecule has 4 heteroatoms. The van der Waals surface area contributed by atoms with Crippen LogP contribution in [-0.4, -0.2) is 49.1 Å². The van der Waals surface area contributed by atoms with Gasteiger partial charge in [-0.1, -0.05) is 0 Å². The number of rotatable bonds is 5. The summed E-state index contributed by atoms with van der Waals surface area (Å²) in [7, 11) is 1.95. The largest absolute Gasteiger partial charge is 0.465 e. The van der Waals surface area contributed by atoms with Gasteiger partial charge in [-0.05, 0) is 33.9 Å². The highest BCUT2D eigenvalue weighted by atomic mass is 16.3. The molecule has 0 spiro atoms. The molecule has 1 aliphatic heterocycles. The van der Waals surface area contributed by atoms with E-state index < -0.39 is 0 Å². The summed E-state index contributed by atoms with van der Waals surface area (Å²) in [6.07, 6.45) is 0. The predicted molar refractivity (Wildman–Crippen MR) is 78.2 cm³/mol. The van der Waals surface area contributed by atoms with Crippen molar-refractivity contribution < 1.29 is 4.42 Å². The summed E-state index contributed by atoms with van der Waals surface area (Å²) in [4.78, 5) is 5.07. The number of nitrogens with one attached hydrogen (secondary N) is 1. The Labute approximate surface area is 116 Å². The van der Waals surface area contributed by atoms with Gasteiger partial charge in [0, 0.05) is 44.3 Å². The normalized spacial score (nSPS) is 18.4. The molecule has 0 atom stereocenters. The second-order valence-corrected chi connectivity index (χ2v) is 5.73. The smallest absolute Gasteiger partial charge is 0.118 e. The van der Waals surface area contributed by atoms with E-state index in [4.69, 9.17) is 4.42 Å². The Morgan fingerprint density at radius 3 is 2.53 bits per heavy atom. The zero-order valence-electron chi connectivity index (χ0n) is 12.7. The number of furan rings is 1. The molecule has 0 saturated carbocycles. The highest BCUT2D eigenvalue weighted by Gasteiger charge is 2.20. The van der Waals surface area contributed by atoms with E-state index in [1.807, 2.05) is 7.05 Å². The van der Waals surface area contributed by atoms with Crippen LogP contribution in [0.2, 0.25) is 0 Å². The topological polar surface area (TPSA) is 31.6 Å². The van der Waals surface area contributed by atoms with Crippen molar-refractivity contribution in [3.63, 3.8) is 0 Å². The van der Waals surface area contributed by atoms with Crippen LogP contribution in [0, 0.1) is 6.92 Å². The van der Waals surface area contributed by atoms with Crippen molar-refractivity contribution in [2.24, 2.45) is 0 Å². The van der Waals surface area contributed by atoms with Gasteiger partial charge in [-0.15, -0.1) is 0 Å². The minimum Gasteiger partial charge on any atom is -0.465 e. The second-order valence-electron chi connectivity index (χ2n) is 5.73. The predicted octanol–water partition coefficient (Wildman–Crippen LogP) is 1.83. The van der Waals surface area contributed by atoms with Crippen molar-refractivity contribution >= 4 is 0 Å². The fraction of sp³-hybridized carbons (Fsp3) is 0.733. The Hall–Kier alpha value is -0.840. The quantitative estimate of drug-likeness (QED) is 0.880. The molecule has 1 aromatic heterocycles. The van der Waals surface area contributed by atoms with E-state index >= 15 is 0 Å². The van der Waals surface area contributed by atoms with Crippen molar-refractivity contribution in [2.45, 2.75) is 39.9 Å². The highest BCUT2D eigenvalue weighted by molar-refractivity contribution is 5.20. The van der Waals surface area contributed by atoms with Gasteiger partial charge in [-0.25, -0.2) is 0 Å². The maximum atomic E-state index is 5.76. The lowest BCUT2D eigenvalue weighted by atomic mass is 10.2. The SMILES string of the molecule is CNCc1cc(CN2CCN(C(C)C)CC2)c(C)o1. The van der Waals surface area contributed by atoms with Crippen molar-refractivity contribution in [3.8, 4) is 0 Å². The minimum atomic E-state index is 0.667. The van der Waals surface area contributed by atoms with Crippen LogP contribution in [0.25, 0.3) is 0 Å². The van der Waals surface area contributed by atoms with E-state index in [1.165, 1.54) is 18.7 Å². The van der Waals surface area contributed by atoms with Crippen LogP contribution in [0.1, 0.15) is 30.9 Å². The average Bonchev–Trinajstić information content (AvgIpc) is 2.71. The van der Waals surface area contributed by atoms with Crippen molar-refractivity contribution in [2.75, 3.05) is 33.2 Å². The zero-order valence-corrected chi connectivity index (χ0v) is 12.7. The van der Waals surface area contributed by atoms with E-state index in [-0.39, 0.29) is 0 Å². The molecule has 2 rings (SSSR count).